The Labute approximate surface area is 223 Å². The van der Waals surface area contributed by atoms with E-state index in [1.807, 2.05) is 41.5 Å². The number of allylic oxidation sites excluding steroid dienone is 2. The normalized spacial score (nSPS) is 12.8. The van der Waals surface area contributed by atoms with Gasteiger partial charge in [-0.2, -0.15) is 10.2 Å². The average molecular weight is 533 g/mol. The maximum absolute atomic E-state index is 13.2. The lowest BCUT2D eigenvalue weighted by atomic mass is 10.2. The number of rotatable bonds is 10. The Kier molecular flexibility index (Phi) is 7.61. The van der Waals surface area contributed by atoms with Crippen LogP contribution in [0, 0.1) is 6.92 Å². The van der Waals surface area contributed by atoms with Crippen LogP contribution in [-0.4, -0.2) is 67.9 Å². The number of pyridine rings is 1. The summed E-state index contributed by atoms with van der Waals surface area (Å²) in [6.07, 6.45) is 17.0. The molecule has 0 aromatic carbocycles. The topological polar surface area (TPSA) is 119 Å². The Morgan fingerprint density at radius 2 is 2.00 bits per heavy atom. The molecule has 0 saturated heterocycles. The molecule has 0 saturated carbocycles. The van der Waals surface area contributed by atoms with Crippen LogP contribution in [0.1, 0.15) is 22.5 Å². The van der Waals surface area contributed by atoms with Crippen molar-refractivity contribution < 1.29 is 14.3 Å². The summed E-state index contributed by atoms with van der Waals surface area (Å²) in [5.74, 6) is -0.423. The number of amides is 2. The van der Waals surface area contributed by atoms with Gasteiger partial charge in [0.15, 0.2) is 0 Å². The molecule has 38 heavy (non-hydrogen) atoms. The van der Waals surface area contributed by atoms with Gasteiger partial charge in [0, 0.05) is 44.6 Å². The molecule has 4 aromatic rings. The minimum absolute atomic E-state index is 0.120. The Bertz CT molecular complexity index is 1520. The number of fused-ring (bicyclic) bond motifs is 1. The van der Waals surface area contributed by atoms with Crippen molar-refractivity contribution in [3.8, 4) is 10.4 Å². The van der Waals surface area contributed by atoms with Gasteiger partial charge in [-0.25, -0.2) is 4.52 Å². The third-order valence-electron chi connectivity index (χ3n) is 6.01. The van der Waals surface area contributed by atoms with E-state index in [9.17, 15) is 9.59 Å². The van der Waals surface area contributed by atoms with Crippen LogP contribution in [0.4, 0.5) is 11.4 Å². The van der Waals surface area contributed by atoms with E-state index < -0.39 is 0 Å². The molecule has 2 N–H and O–H groups in total. The van der Waals surface area contributed by atoms with Gasteiger partial charge in [-0.1, -0.05) is 12.2 Å². The second kappa shape index (κ2) is 11.4. The maximum atomic E-state index is 13.2. The summed E-state index contributed by atoms with van der Waals surface area (Å²) in [6, 6.07) is 1.72. The van der Waals surface area contributed by atoms with E-state index in [2.05, 4.69) is 30.7 Å². The molecule has 0 radical (unpaired) electrons. The number of carbonyl (C=O) groups excluding carboxylic acids is 2. The van der Waals surface area contributed by atoms with E-state index in [0.29, 0.717) is 48.7 Å². The van der Waals surface area contributed by atoms with Gasteiger partial charge in [0.2, 0.25) is 5.91 Å². The number of anilines is 2. The monoisotopic (exact) mass is 532 g/mol. The molecule has 4 aromatic heterocycles. The summed E-state index contributed by atoms with van der Waals surface area (Å²) < 4.78 is 8.62. The molecular formula is C26H28N8O3S. The zero-order valence-corrected chi connectivity index (χ0v) is 21.9. The predicted octanol–water partition coefficient (Wildman–Crippen LogP) is 3.58. The van der Waals surface area contributed by atoms with E-state index in [0.717, 1.165) is 21.8 Å². The van der Waals surface area contributed by atoms with Gasteiger partial charge in [-0.05, 0) is 25.3 Å². The summed E-state index contributed by atoms with van der Waals surface area (Å²) in [5.41, 5.74) is 3.08. The van der Waals surface area contributed by atoms with Crippen LogP contribution in [-0.2, 0) is 16.1 Å². The van der Waals surface area contributed by atoms with Gasteiger partial charge < -0.3 is 20.3 Å². The highest BCUT2D eigenvalue weighted by atomic mass is 32.1. The second-order valence-electron chi connectivity index (χ2n) is 8.76. The van der Waals surface area contributed by atoms with Crippen molar-refractivity contribution in [2.75, 3.05) is 37.4 Å². The van der Waals surface area contributed by atoms with Crippen molar-refractivity contribution in [1.29, 1.82) is 0 Å². The fraction of sp³-hybridized carbons (Fsp3) is 0.269. The van der Waals surface area contributed by atoms with Crippen LogP contribution < -0.4 is 10.6 Å². The van der Waals surface area contributed by atoms with Gasteiger partial charge in [-0.15, -0.1) is 11.3 Å². The smallest absolute Gasteiger partial charge is 0.260 e. The molecule has 1 aliphatic heterocycles. The molecule has 12 heteroatoms. The van der Waals surface area contributed by atoms with Crippen molar-refractivity contribution in [1.82, 2.24) is 29.3 Å². The van der Waals surface area contributed by atoms with Gasteiger partial charge >= 0.3 is 0 Å². The van der Waals surface area contributed by atoms with Crippen molar-refractivity contribution in [3.63, 3.8) is 0 Å². The van der Waals surface area contributed by atoms with Gasteiger partial charge in [0.05, 0.1) is 59.3 Å². The number of nitrogens with zero attached hydrogens (tertiary/aromatic N) is 6. The van der Waals surface area contributed by atoms with E-state index in [4.69, 9.17) is 4.74 Å². The van der Waals surface area contributed by atoms with Crippen molar-refractivity contribution in [2.45, 2.75) is 19.9 Å². The standard InChI is InChI=1S/C26H28N8O3S/c1-18-22(12-20(14-27-18)30-24(35)6-9-32-7-4-3-5-8-32)31-25(36)21-15-29-34-17-23(38-26(21)34)19-13-28-33(16-19)10-11-37-2/h3-5,7,12-17H,6,8-11H2,1-2H3,(H,30,35)(H,31,36). The zero-order valence-electron chi connectivity index (χ0n) is 21.1. The molecule has 196 valence electrons. The summed E-state index contributed by atoms with van der Waals surface area (Å²) in [5, 5.41) is 14.5. The number of methoxy groups -OCH3 is 1. The molecule has 0 spiro atoms. The van der Waals surface area contributed by atoms with Crippen LogP contribution in [0.25, 0.3) is 15.3 Å². The molecule has 5 heterocycles. The van der Waals surface area contributed by atoms with Crippen molar-refractivity contribution >= 4 is 39.4 Å². The van der Waals surface area contributed by atoms with Crippen LogP contribution >= 0.6 is 11.3 Å². The molecule has 11 nitrogen and oxygen atoms in total. The predicted molar refractivity (Wildman–Crippen MR) is 146 cm³/mol. The number of nitrogens with one attached hydrogen (secondary N) is 2. The number of hydrogen-bond acceptors (Lipinski definition) is 8. The highest BCUT2D eigenvalue weighted by Gasteiger charge is 2.18. The summed E-state index contributed by atoms with van der Waals surface area (Å²) in [7, 11) is 1.66. The SMILES string of the molecule is COCCn1cc(-c2cn3ncc(C(=O)Nc4cc(NC(=O)CCN5C=CC=CC5)cnc4C)c3s2)cn1. The second-order valence-corrected chi connectivity index (χ2v) is 9.79. The minimum Gasteiger partial charge on any atom is -0.383 e. The van der Waals surface area contributed by atoms with Gasteiger partial charge in [-0.3, -0.25) is 19.3 Å². The van der Waals surface area contributed by atoms with Crippen LogP contribution in [0.15, 0.2) is 61.5 Å². The lowest BCUT2D eigenvalue weighted by Crippen LogP contribution is -2.24. The maximum Gasteiger partial charge on any atom is 0.260 e. The fourth-order valence-electron chi connectivity index (χ4n) is 3.93. The molecule has 0 atom stereocenters. The van der Waals surface area contributed by atoms with Gasteiger partial charge in [0.25, 0.3) is 5.91 Å². The summed E-state index contributed by atoms with van der Waals surface area (Å²) >= 11 is 1.46. The number of carbonyl (C=O) groups is 2. The average Bonchev–Trinajstić information content (AvgIpc) is 3.65. The highest BCUT2D eigenvalue weighted by molar-refractivity contribution is 7.21. The van der Waals surface area contributed by atoms with E-state index >= 15 is 0 Å². The van der Waals surface area contributed by atoms with E-state index in [1.165, 1.54) is 11.3 Å². The Morgan fingerprint density at radius 1 is 1.11 bits per heavy atom. The number of thiazole rings is 1. The minimum atomic E-state index is -0.303. The quantitative estimate of drug-likeness (QED) is 0.320. The van der Waals surface area contributed by atoms with E-state index in [1.54, 1.807) is 43.2 Å². The molecule has 0 bridgehead atoms. The number of aromatic nitrogens is 5. The first-order chi connectivity index (χ1) is 18.5. The third kappa shape index (κ3) is 5.82. The van der Waals surface area contributed by atoms with Crippen LogP contribution in [0.5, 0.6) is 0 Å². The number of aryl methyl sites for hydroxylation is 1. The van der Waals surface area contributed by atoms with Crippen molar-refractivity contribution in [2.24, 2.45) is 0 Å². The van der Waals surface area contributed by atoms with Gasteiger partial charge in [0.1, 0.15) is 4.83 Å². The lowest BCUT2D eigenvalue weighted by molar-refractivity contribution is -0.116. The molecule has 2 amide bonds. The first kappa shape index (κ1) is 25.4. The molecule has 0 unspecified atom stereocenters. The third-order valence-corrected chi connectivity index (χ3v) is 7.17. The number of ether oxygens (including phenoxy) is 1. The lowest BCUT2D eigenvalue weighted by Gasteiger charge is -2.20. The molecular weight excluding hydrogens is 504 g/mol. The zero-order chi connectivity index (χ0) is 26.5. The largest absolute Gasteiger partial charge is 0.383 e. The Hall–Kier alpha value is -4.29. The Morgan fingerprint density at radius 3 is 2.82 bits per heavy atom. The first-order valence-corrected chi connectivity index (χ1v) is 13.0. The fourth-order valence-corrected chi connectivity index (χ4v) is 4.97. The van der Waals surface area contributed by atoms with Crippen LogP contribution in [0.3, 0.4) is 0 Å². The molecule has 0 aliphatic carbocycles. The molecule has 0 fully saturated rings. The van der Waals surface area contributed by atoms with E-state index in [-0.39, 0.29) is 11.8 Å². The summed E-state index contributed by atoms with van der Waals surface area (Å²) in [6.45, 7) is 4.44. The molecule has 5 rings (SSSR count). The number of hydrogen-bond donors (Lipinski definition) is 2. The van der Waals surface area contributed by atoms with Crippen LogP contribution in [0.2, 0.25) is 0 Å². The summed E-state index contributed by atoms with van der Waals surface area (Å²) in [4.78, 5) is 33.7. The van der Waals surface area contributed by atoms with Crippen molar-refractivity contribution in [3.05, 3.63) is 72.7 Å². The molecule has 1 aliphatic rings. The first-order valence-electron chi connectivity index (χ1n) is 12.1. The Balaban J connectivity index is 1.25. The highest BCUT2D eigenvalue weighted by Crippen LogP contribution is 2.30.